The van der Waals surface area contributed by atoms with Crippen LogP contribution in [0, 0.1) is 0 Å². The van der Waals surface area contributed by atoms with E-state index in [2.05, 4.69) is 89.1 Å². The summed E-state index contributed by atoms with van der Waals surface area (Å²) in [7, 11) is 0. The van der Waals surface area contributed by atoms with Gasteiger partial charge in [-0.05, 0) is 24.1 Å². The Labute approximate surface area is 150 Å². The van der Waals surface area contributed by atoms with E-state index in [1.54, 1.807) is 6.33 Å². The van der Waals surface area contributed by atoms with Crippen LogP contribution in [0.1, 0.15) is 24.7 Å². The number of alkyl halides is 2. The van der Waals surface area contributed by atoms with Crippen molar-refractivity contribution >= 4 is 47.8 Å². The van der Waals surface area contributed by atoms with Crippen LogP contribution in [0.25, 0.3) is 0 Å². The fourth-order valence-corrected chi connectivity index (χ4v) is 4.70. The molecule has 0 N–H and O–H groups in total. The van der Waals surface area contributed by atoms with Crippen LogP contribution in [0.5, 0.6) is 0 Å². The minimum absolute atomic E-state index is 0.0394. The van der Waals surface area contributed by atoms with Crippen molar-refractivity contribution in [1.82, 2.24) is 14.8 Å². The Morgan fingerprint density at radius 1 is 1.24 bits per heavy atom. The molecule has 0 aliphatic carbocycles. The SMILES string of the molecule is CCCn1ncnc1CC(CBr)(CBr)c1cccc(Br)c1. The number of rotatable bonds is 7. The third kappa shape index (κ3) is 3.96. The average Bonchev–Trinajstić information content (AvgIpc) is 2.92. The minimum atomic E-state index is -0.0394. The van der Waals surface area contributed by atoms with Crippen LogP contribution in [-0.2, 0) is 18.4 Å². The second-order valence-electron chi connectivity index (χ2n) is 5.13. The van der Waals surface area contributed by atoms with E-state index in [0.29, 0.717) is 0 Å². The van der Waals surface area contributed by atoms with Crippen molar-refractivity contribution in [2.45, 2.75) is 31.7 Å². The normalized spacial score (nSPS) is 11.8. The quantitative estimate of drug-likeness (QED) is 0.538. The molecule has 0 unspecified atom stereocenters. The van der Waals surface area contributed by atoms with Crippen LogP contribution in [0.4, 0.5) is 0 Å². The maximum atomic E-state index is 4.46. The minimum Gasteiger partial charge on any atom is -0.250 e. The van der Waals surface area contributed by atoms with Crippen molar-refractivity contribution in [2.24, 2.45) is 0 Å². The summed E-state index contributed by atoms with van der Waals surface area (Å²) in [5.74, 6) is 1.04. The lowest BCUT2D eigenvalue weighted by Crippen LogP contribution is -2.34. The van der Waals surface area contributed by atoms with Gasteiger partial charge in [0, 0.05) is 33.5 Å². The third-order valence-electron chi connectivity index (χ3n) is 3.58. The standard InChI is InChI=1S/C15H18Br3N3/c1-2-6-21-14(19-11-20-21)8-15(9-16,10-17)12-4-3-5-13(18)7-12/h3-5,7,11H,2,6,8-10H2,1H3. The van der Waals surface area contributed by atoms with Crippen LogP contribution in [0.15, 0.2) is 35.1 Å². The smallest absolute Gasteiger partial charge is 0.138 e. The first kappa shape index (κ1) is 17.2. The number of hydrogen-bond acceptors (Lipinski definition) is 2. The third-order valence-corrected chi connectivity index (χ3v) is 6.22. The molecule has 0 radical (unpaired) electrons. The van der Waals surface area contributed by atoms with E-state index in [1.165, 1.54) is 5.56 Å². The van der Waals surface area contributed by atoms with Crippen molar-refractivity contribution in [3.8, 4) is 0 Å². The summed E-state index contributed by atoms with van der Waals surface area (Å²) in [4.78, 5) is 4.46. The molecule has 1 heterocycles. The highest BCUT2D eigenvalue weighted by Crippen LogP contribution is 2.33. The Hall–Kier alpha value is -0.200. The number of hydrogen-bond donors (Lipinski definition) is 0. The number of aryl methyl sites for hydroxylation is 1. The maximum absolute atomic E-state index is 4.46. The Kier molecular flexibility index (Phi) is 6.44. The zero-order valence-corrected chi connectivity index (χ0v) is 16.7. The van der Waals surface area contributed by atoms with Crippen LogP contribution in [0.3, 0.4) is 0 Å². The van der Waals surface area contributed by atoms with Crippen molar-refractivity contribution in [1.29, 1.82) is 0 Å². The molecule has 0 amide bonds. The van der Waals surface area contributed by atoms with E-state index in [-0.39, 0.29) is 5.41 Å². The molecule has 2 aromatic rings. The topological polar surface area (TPSA) is 30.7 Å². The van der Waals surface area contributed by atoms with Crippen LogP contribution < -0.4 is 0 Å². The summed E-state index contributed by atoms with van der Waals surface area (Å²) in [6.45, 7) is 3.07. The van der Waals surface area contributed by atoms with Crippen LogP contribution >= 0.6 is 47.8 Å². The number of halogens is 3. The van der Waals surface area contributed by atoms with Gasteiger partial charge in [0.2, 0.25) is 0 Å². The van der Waals surface area contributed by atoms with Gasteiger partial charge in [-0.15, -0.1) is 0 Å². The molecule has 0 bridgehead atoms. The summed E-state index contributed by atoms with van der Waals surface area (Å²) < 4.78 is 3.11. The first-order valence-electron chi connectivity index (χ1n) is 6.90. The molecular formula is C15H18Br3N3. The van der Waals surface area contributed by atoms with Gasteiger partial charge in [0.05, 0.1) is 0 Å². The van der Waals surface area contributed by atoms with Crippen molar-refractivity contribution in [3.05, 3.63) is 46.5 Å². The molecule has 2 rings (SSSR count). The molecule has 1 aromatic heterocycles. The zero-order chi connectivity index (χ0) is 15.3. The number of nitrogens with zero attached hydrogens (tertiary/aromatic N) is 3. The number of aromatic nitrogens is 3. The predicted octanol–water partition coefficient (Wildman–Crippen LogP) is 4.72. The Morgan fingerprint density at radius 3 is 2.62 bits per heavy atom. The van der Waals surface area contributed by atoms with Gasteiger partial charge in [0.15, 0.2) is 0 Å². The van der Waals surface area contributed by atoms with Gasteiger partial charge in [-0.3, -0.25) is 4.68 Å². The lowest BCUT2D eigenvalue weighted by Gasteiger charge is -2.30. The van der Waals surface area contributed by atoms with Gasteiger partial charge < -0.3 is 0 Å². The summed E-state index contributed by atoms with van der Waals surface area (Å²) in [5.41, 5.74) is 1.25. The Morgan fingerprint density at radius 2 is 2.00 bits per heavy atom. The molecule has 3 nitrogen and oxygen atoms in total. The monoisotopic (exact) mass is 477 g/mol. The predicted molar refractivity (Wildman–Crippen MR) is 97.4 cm³/mol. The summed E-state index contributed by atoms with van der Waals surface area (Å²) in [6.07, 6.45) is 3.56. The van der Waals surface area contributed by atoms with Gasteiger partial charge in [-0.2, -0.15) is 5.10 Å². The van der Waals surface area contributed by atoms with Crippen molar-refractivity contribution in [3.63, 3.8) is 0 Å². The Bertz CT molecular complexity index is 579. The first-order chi connectivity index (χ1) is 10.1. The van der Waals surface area contributed by atoms with E-state index >= 15 is 0 Å². The second kappa shape index (κ2) is 7.88. The average molecular weight is 480 g/mol. The highest BCUT2D eigenvalue weighted by Gasteiger charge is 2.32. The van der Waals surface area contributed by atoms with Gasteiger partial charge in [-0.1, -0.05) is 66.8 Å². The molecule has 0 spiro atoms. The van der Waals surface area contributed by atoms with Gasteiger partial charge in [0.1, 0.15) is 12.2 Å². The molecule has 1 aromatic carbocycles. The fourth-order valence-electron chi connectivity index (χ4n) is 2.33. The second-order valence-corrected chi connectivity index (χ2v) is 7.17. The lowest BCUT2D eigenvalue weighted by molar-refractivity contribution is 0.489. The van der Waals surface area contributed by atoms with Crippen molar-refractivity contribution < 1.29 is 0 Å². The van der Waals surface area contributed by atoms with E-state index in [9.17, 15) is 0 Å². The first-order valence-corrected chi connectivity index (χ1v) is 9.93. The molecule has 114 valence electrons. The molecule has 21 heavy (non-hydrogen) atoms. The summed E-state index contributed by atoms with van der Waals surface area (Å²) in [5, 5.41) is 6.06. The highest BCUT2D eigenvalue weighted by molar-refractivity contribution is 9.10. The zero-order valence-electron chi connectivity index (χ0n) is 11.9. The molecule has 0 aliphatic heterocycles. The number of benzene rings is 1. The van der Waals surface area contributed by atoms with Crippen molar-refractivity contribution in [2.75, 3.05) is 10.7 Å². The van der Waals surface area contributed by atoms with Gasteiger partial charge >= 0.3 is 0 Å². The molecule has 0 aliphatic rings. The van der Waals surface area contributed by atoms with Crippen LogP contribution in [0.2, 0.25) is 0 Å². The van der Waals surface area contributed by atoms with E-state index in [4.69, 9.17) is 0 Å². The molecule has 0 saturated heterocycles. The summed E-state index contributed by atoms with van der Waals surface area (Å²) >= 11 is 11.0. The van der Waals surface area contributed by atoms with E-state index < -0.39 is 0 Å². The van der Waals surface area contributed by atoms with Gasteiger partial charge in [-0.25, -0.2) is 4.98 Å². The lowest BCUT2D eigenvalue weighted by atomic mass is 9.81. The summed E-state index contributed by atoms with van der Waals surface area (Å²) in [6, 6.07) is 8.49. The van der Waals surface area contributed by atoms with Gasteiger partial charge in [0.25, 0.3) is 0 Å². The van der Waals surface area contributed by atoms with E-state index in [0.717, 1.165) is 40.3 Å². The maximum Gasteiger partial charge on any atom is 0.138 e. The molecular weight excluding hydrogens is 462 g/mol. The highest BCUT2D eigenvalue weighted by atomic mass is 79.9. The largest absolute Gasteiger partial charge is 0.250 e. The molecule has 6 heteroatoms. The molecule has 0 atom stereocenters. The van der Waals surface area contributed by atoms with Crippen LogP contribution in [-0.4, -0.2) is 25.4 Å². The van der Waals surface area contributed by atoms with E-state index in [1.807, 2.05) is 4.68 Å². The Balaban J connectivity index is 2.36. The fraction of sp³-hybridized carbons (Fsp3) is 0.467. The molecule has 0 fully saturated rings. The molecule has 0 saturated carbocycles.